The molecule has 7 heteroatoms. The standard InChI is InChI=1S/C15H25N3O4/c1-10(2)8-18-11(3)12(7-16-18)14(21)17-15(4,9-22-5)6-13(19)20/h7,10H,6,8-9H2,1-5H3,(H,17,21)(H,19,20). The van der Waals surface area contributed by atoms with Crippen LogP contribution >= 0.6 is 0 Å². The van der Waals surface area contributed by atoms with Crippen LogP contribution < -0.4 is 5.32 Å². The fraction of sp³-hybridized carbons (Fsp3) is 0.667. The van der Waals surface area contributed by atoms with Crippen molar-refractivity contribution in [3.63, 3.8) is 0 Å². The van der Waals surface area contributed by atoms with Gasteiger partial charge in [-0.3, -0.25) is 14.3 Å². The number of carbonyl (C=O) groups excluding carboxylic acids is 1. The summed E-state index contributed by atoms with van der Waals surface area (Å²) in [5.41, 5.74) is 0.249. The average molecular weight is 311 g/mol. The van der Waals surface area contributed by atoms with Crippen molar-refractivity contribution in [2.45, 2.75) is 46.2 Å². The van der Waals surface area contributed by atoms with Gasteiger partial charge in [-0.1, -0.05) is 13.8 Å². The Morgan fingerprint density at radius 3 is 2.64 bits per heavy atom. The van der Waals surface area contributed by atoms with Gasteiger partial charge in [-0.2, -0.15) is 5.10 Å². The number of amides is 1. The van der Waals surface area contributed by atoms with Crippen LogP contribution in [-0.2, 0) is 16.1 Å². The smallest absolute Gasteiger partial charge is 0.305 e. The van der Waals surface area contributed by atoms with Gasteiger partial charge in [0.2, 0.25) is 0 Å². The molecule has 22 heavy (non-hydrogen) atoms. The molecule has 2 N–H and O–H groups in total. The van der Waals surface area contributed by atoms with Crippen LogP contribution in [0, 0.1) is 12.8 Å². The third kappa shape index (κ3) is 4.84. The lowest BCUT2D eigenvalue weighted by molar-refractivity contribution is -0.139. The molecule has 0 radical (unpaired) electrons. The summed E-state index contributed by atoms with van der Waals surface area (Å²) < 4.78 is 6.82. The molecule has 1 rings (SSSR count). The van der Waals surface area contributed by atoms with Gasteiger partial charge in [0.15, 0.2) is 0 Å². The highest BCUT2D eigenvalue weighted by Gasteiger charge is 2.31. The second-order valence-electron chi connectivity index (χ2n) is 6.24. The van der Waals surface area contributed by atoms with Crippen molar-refractivity contribution in [3.8, 4) is 0 Å². The van der Waals surface area contributed by atoms with E-state index in [1.165, 1.54) is 13.3 Å². The number of hydrogen-bond acceptors (Lipinski definition) is 4. The van der Waals surface area contributed by atoms with Gasteiger partial charge in [-0.05, 0) is 19.8 Å². The number of carbonyl (C=O) groups is 2. The van der Waals surface area contributed by atoms with Gasteiger partial charge in [0, 0.05) is 19.3 Å². The first-order valence-corrected chi connectivity index (χ1v) is 7.24. The van der Waals surface area contributed by atoms with E-state index in [2.05, 4.69) is 24.3 Å². The molecule has 0 saturated carbocycles. The molecule has 1 atom stereocenters. The minimum absolute atomic E-state index is 0.115. The van der Waals surface area contributed by atoms with Crippen molar-refractivity contribution in [1.82, 2.24) is 15.1 Å². The first kappa shape index (κ1) is 18.2. The van der Waals surface area contributed by atoms with E-state index in [0.717, 1.165) is 12.2 Å². The van der Waals surface area contributed by atoms with Crippen molar-refractivity contribution in [3.05, 3.63) is 17.5 Å². The fourth-order valence-corrected chi connectivity index (χ4v) is 2.32. The Hall–Kier alpha value is -1.89. The molecule has 0 bridgehead atoms. The van der Waals surface area contributed by atoms with E-state index in [9.17, 15) is 9.59 Å². The Balaban J connectivity index is 2.91. The number of ether oxygens (including phenoxy) is 1. The van der Waals surface area contributed by atoms with Crippen LogP contribution in [0.1, 0.15) is 43.2 Å². The molecule has 0 aliphatic heterocycles. The summed E-state index contributed by atoms with van der Waals surface area (Å²) >= 11 is 0. The van der Waals surface area contributed by atoms with Gasteiger partial charge in [-0.15, -0.1) is 0 Å². The number of carboxylic acid groups (broad SMARTS) is 1. The summed E-state index contributed by atoms with van der Waals surface area (Å²) in [6.45, 7) is 8.46. The highest BCUT2D eigenvalue weighted by molar-refractivity contribution is 5.95. The van der Waals surface area contributed by atoms with Crippen LogP contribution in [0.25, 0.3) is 0 Å². The molecular weight excluding hydrogens is 286 g/mol. The summed E-state index contributed by atoms with van der Waals surface area (Å²) in [5, 5.41) is 16.0. The van der Waals surface area contributed by atoms with Crippen molar-refractivity contribution >= 4 is 11.9 Å². The fourth-order valence-electron chi connectivity index (χ4n) is 2.32. The Morgan fingerprint density at radius 2 is 2.14 bits per heavy atom. The predicted molar refractivity (Wildman–Crippen MR) is 81.8 cm³/mol. The third-order valence-electron chi connectivity index (χ3n) is 3.31. The number of methoxy groups -OCH3 is 1. The van der Waals surface area contributed by atoms with Crippen LogP contribution in [-0.4, -0.2) is 46.0 Å². The molecule has 1 heterocycles. The second-order valence-corrected chi connectivity index (χ2v) is 6.24. The molecule has 0 saturated heterocycles. The van der Waals surface area contributed by atoms with E-state index >= 15 is 0 Å². The van der Waals surface area contributed by atoms with E-state index in [1.54, 1.807) is 11.6 Å². The van der Waals surface area contributed by atoms with Crippen molar-refractivity contribution in [2.75, 3.05) is 13.7 Å². The normalized spacial score (nSPS) is 13.9. The van der Waals surface area contributed by atoms with Crippen LogP contribution in [0.4, 0.5) is 0 Å². The Bertz CT molecular complexity index is 539. The Morgan fingerprint density at radius 1 is 1.50 bits per heavy atom. The van der Waals surface area contributed by atoms with E-state index in [1.807, 2.05) is 6.92 Å². The maximum Gasteiger partial charge on any atom is 0.305 e. The van der Waals surface area contributed by atoms with Crippen molar-refractivity contribution in [2.24, 2.45) is 5.92 Å². The molecule has 0 spiro atoms. The maximum atomic E-state index is 12.4. The Kier molecular flexibility index (Phi) is 6.11. The number of nitrogens with zero attached hydrogens (tertiary/aromatic N) is 2. The molecular formula is C15H25N3O4. The number of carboxylic acids is 1. The molecule has 0 aliphatic carbocycles. The minimum atomic E-state index is -0.993. The molecule has 0 fully saturated rings. The van der Waals surface area contributed by atoms with Gasteiger partial charge in [0.05, 0.1) is 30.3 Å². The Labute approximate surface area is 130 Å². The summed E-state index contributed by atoms with van der Waals surface area (Å²) in [4.78, 5) is 23.4. The number of aliphatic carboxylic acids is 1. The van der Waals surface area contributed by atoms with Gasteiger partial charge >= 0.3 is 5.97 Å². The molecule has 1 amide bonds. The van der Waals surface area contributed by atoms with E-state index in [0.29, 0.717) is 11.5 Å². The topological polar surface area (TPSA) is 93.4 Å². The average Bonchev–Trinajstić information content (AvgIpc) is 2.69. The maximum absolute atomic E-state index is 12.4. The minimum Gasteiger partial charge on any atom is -0.481 e. The van der Waals surface area contributed by atoms with Gasteiger partial charge < -0.3 is 15.2 Å². The highest BCUT2D eigenvalue weighted by atomic mass is 16.5. The first-order chi connectivity index (χ1) is 10.2. The lowest BCUT2D eigenvalue weighted by atomic mass is 9.98. The lowest BCUT2D eigenvalue weighted by Crippen LogP contribution is -2.50. The molecule has 1 unspecified atom stereocenters. The van der Waals surface area contributed by atoms with E-state index < -0.39 is 11.5 Å². The molecule has 1 aromatic heterocycles. The summed E-state index contributed by atoms with van der Waals surface area (Å²) in [6, 6.07) is 0. The van der Waals surface area contributed by atoms with Crippen LogP contribution in [0.2, 0.25) is 0 Å². The van der Waals surface area contributed by atoms with Gasteiger partial charge in [-0.25, -0.2) is 0 Å². The highest BCUT2D eigenvalue weighted by Crippen LogP contribution is 2.15. The second kappa shape index (κ2) is 7.40. The van der Waals surface area contributed by atoms with Crippen molar-refractivity contribution < 1.29 is 19.4 Å². The zero-order chi connectivity index (χ0) is 16.9. The van der Waals surface area contributed by atoms with Gasteiger partial charge in [0.25, 0.3) is 5.91 Å². The van der Waals surface area contributed by atoms with Crippen LogP contribution in [0.5, 0.6) is 0 Å². The van der Waals surface area contributed by atoms with E-state index in [-0.39, 0.29) is 18.9 Å². The third-order valence-corrected chi connectivity index (χ3v) is 3.31. The number of aromatic nitrogens is 2. The summed E-state index contributed by atoms with van der Waals surface area (Å²) in [5.74, 6) is -0.916. The summed E-state index contributed by atoms with van der Waals surface area (Å²) in [7, 11) is 1.47. The molecule has 7 nitrogen and oxygen atoms in total. The molecule has 1 aromatic rings. The number of rotatable bonds is 8. The zero-order valence-electron chi connectivity index (χ0n) is 13.8. The first-order valence-electron chi connectivity index (χ1n) is 7.24. The molecule has 0 aromatic carbocycles. The van der Waals surface area contributed by atoms with Crippen molar-refractivity contribution in [1.29, 1.82) is 0 Å². The molecule has 0 aliphatic rings. The lowest BCUT2D eigenvalue weighted by Gasteiger charge is -2.28. The van der Waals surface area contributed by atoms with Crippen LogP contribution in [0.3, 0.4) is 0 Å². The SMILES string of the molecule is COCC(C)(CC(=O)O)NC(=O)c1cnn(CC(C)C)c1C. The summed E-state index contributed by atoms with van der Waals surface area (Å²) in [6.07, 6.45) is 1.30. The zero-order valence-corrected chi connectivity index (χ0v) is 13.8. The monoisotopic (exact) mass is 311 g/mol. The molecule has 124 valence electrons. The van der Waals surface area contributed by atoms with Crippen LogP contribution in [0.15, 0.2) is 6.20 Å². The van der Waals surface area contributed by atoms with E-state index in [4.69, 9.17) is 9.84 Å². The largest absolute Gasteiger partial charge is 0.481 e. The number of hydrogen-bond donors (Lipinski definition) is 2. The number of nitrogens with one attached hydrogen (secondary N) is 1. The quantitative estimate of drug-likeness (QED) is 0.758. The van der Waals surface area contributed by atoms with Gasteiger partial charge in [0.1, 0.15) is 0 Å². The predicted octanol–water partition coefficient (Wildman–Crippen LogP) is 1.46.